The number of benzene rings is 1. The van der Waals surface area contributed by atoms with Gasteiger partial charge in [0.2, 0.25) is 0 Å². The summed E-state index contributed by atoms with van der Waals surface area (Å²) in [5, 5.41) is 0.218. The predicted molar refractivity (Wildman–Crippen MR) is 97.2 cm³/mol. The number of aromatic amines is 1. The normalized spacial score (nSPS) is 20.0. The topological polar surface area (TPSA) is 77.1 Å². The molecule has 2 heterocycles. The van der Waals surface area contributed by atoms with Gasteiger partial charge in [-0.05, 0) is 25.1 Å². The number of ether oxygens (including phenoxy) is 2. The quantitative estimate of drug-likeness (QED) is 0.661. The summed E-state index contributed by atoms with van der Waals surface area (Å²) in [6, 6.07) is 8.37. The zero-order valence-corrected chi connectivity index (χ0v) is 14.0. The van der Waals surface area contributed by atoms with Crippen molar-refractivity contribution in [3.63, 3.8) is 0 Å². The molecule has 0 radical (unpaired) electrons. The molecule has 0 amide bonds. The second-order valence-corrected chi connectivity index (χ2v) is 6.33. The standard InChI is InChI=1S/C18H21N3O3S/c1-13-16(19-9-8-17(13)24-11-5-10-23-2)12-25(22)18-20-14-6-3-4-7-15(14)21-18/h3-4,6-9H,5,10-12H2,1-2H3,(H,20,21)/t25-/m1/s1/i2D3,5D2,10D2,11D2. The predicted octanol–water partition coefficient (Wildman–Crippen LogP) is 2.99. The molecule has 0 saturated carbocycles. The van der Waals surface area contributed by atoms with Crippen molar-refractivity contribution in [1.29, 1.82) is 0 Å². The van der Waals surface area contributed by atoms with Gasteiger partial charge in [0.25, 0.3) is 0 Å². The Morgan fingerprint density at radius 3 is 3.04 bits per heavy atom. The average molecular weight is 369 g/mol. The van der Waals surface area contributed by atoms with Crippen molar-refractivity contribution in [2.75, 3.05) is 20.2 Å². The average Bonchev–Trinajstić information content (AvgIpc) is 3.13. The number of methoxy groups -OCH3 is 1. The van der Waals surface area contributed by atoms with Gasteiger partial charge >= 0.3 is 0 Å². The molecule has 7 heteroatoms. The second-order valence-electron chi connectivity index (χ2n) is 4.96. The maximum absolute atomic E-state index is 12.8. The molecule has 1 aromatic carbocycles. The van der Waals surface area contributed by atoms with Crippen LogP contribution in [0.2, 0.25) is 0 Å². The minimum Gasteiger partial charge on any atom is -0.493 e. The monoisotopic (exact) mass is 368 g/mol. The van der Waals surface area contributed by atoms with E-state index in [1.54, 1.807) is 24.3 Å². The van der Waals surface area contributed by atoms with E-state index in [9.17, 15) is 4.21 Å². The Hall–Kier alpha value is -2.25. The van der Waals surface area contributed by atoms with Gasteiger partial charge < -0.3 is 14.5 Å². The smallest absolute Gasteiger partial charge is 0.197 e. The number of nitrogens with zero attached hydrogens (tertiary/aromatic N) is 2. The lowest BCUT2D eigenvalue weighted by Crippen LogP contribution is -2.06. The van der Waals surface area contributed by atoms with Crippen molar-refractivity contribution in [3.8, 4) is 5.75 Å². The van der Waals surface area contributed by atoms with Gasteiger partial charge in [-0.1, -0.05) is 12.1 Å². The number of nitrogens with one attached hydrogen (secondary N) is 1. The first-order valence-electron chi connectivity index (χ1n) is 11.7. The zero-order chi connectivity index (χ0) is 25.5. The molecule has 1 atom stereocenters. The molecule has 0 aliphatic rings. The number of aromatic nitrogens is 3. The van der Waals surface area contributed by atoms with Crippen molar-refractivity contribution >= 4 is 21.8 Å². The molecule has 0 fully saturated rings. The minimum atomic E-state index is -3.56. The van der Waals surface area contributed by atoms with Crippen LogP contribution in [0.25, 0.3) is 11.0 Å². The van der Waals surface area contributed by atoms with Gasteiger partial charge in [-0.2, -0.15) is 0 Å². The summed E-state index contributed by atoms with van der Waals surface area (Å²) in [4.78, 5) is 11.4. The summed E-state index contributed by atoms with van der Waals surface area (Å²) in [7, 11) is -4.96. The third-order valence-corrected chi connectivity index (χ3v) is 4.58. The molecule has 3 aromatic rings. The van der Waals surface area contributed by atoms with Gasteiger partial charge in [0.05, 0.1) is 49.4 Å². The van der Waals surface area contributed by atoms with E-state index < -0.39 is 37.3 Å². The summed E-state index contributed by atoms with van der Waals surface area (Å²) < 4.78 is 90.4. The second kappa shape index (κ2) is 8.22. The van der Waals surface area contributed by atoms with E-state index in [1.807, 2.05) is 0 Å². The molecule has 0 bridgehead atoms. The van der Waals surface area contributed by atoms with Crippen LogP contribution in [0.4, 0.5) is 0 Å². The Morgan fingerprint density at radius 2 is 2.20 bits per heavy atom. The van der Waals surface area contributed by atoms with Crippen LogP contribution < -0.4 is 4.74 Å². The minimum absolute atomic E-state index is 0.109. The number of imidazole rings is 1. The van der Waals surface area contributed by atoms with E-state index in [2.05, 4.69) is 19.7 Å². The third-order valence-electron chi connectivity index (χ3n) is 3.42. The first-order valence-corrected chi connectivity index (χ1v) is 8.53. The van der Waals surface area contributed by atoms with Crippen molar-refractivity contribution < 1.29 is 26.0 Å². The fraction of sp³-hybridized carbons (Fsp3) is 0.333. The van der Waals surface area contributed by atoms with Crippen molar-refractivity contribution in [2.24, 2.45) is 0 Å². The highest BCUT2D eigenvalue weighted by Crippen LogP contribution is 2.22. The van der Waals surface area contributed by atoms with E-state index in [0.717, 1.165) is 0 Å². The van der Waals surface area contributed by atoms with Crippen molar-refractivity contribution in [2.45, 2.75) is 24.2 Å². The lowest BCUT2D eigenvalue weighted by atomic mass is 10.2. The van der Waals surface area contributed by atoms with Gasteiger partial charge in [0.15, 0.2) is 5.16 Å². The molecule has 0 aliphatic carbocycles. The SMILES string of the molecule is [2H]C([2H])([2H])OC([2H])([2H])C([2H])([2H])C([2H])([2H])Oc1ccnc(C[S@@](=O)c2nc3ccccc3[nH]2)c1C. The number of hydrogen-bond acceptors (Lipinski definition) is 5. The van der Waals surface area contributed by atoms with E-state index >= 15 is 0 Å². The molecule has 132 valence electrons. The van der Waals surface area contributed by atoms with Crippen LogP contribution in [-0.2, 0) is 21.3 Å². The molecular formula is C18H21N3O3S. The van der Waals surface area contributed by atoms with E-state index in [4.69, 9.17) is 17.1 Å². The van der Waals surface area contributed by atoms with Gasteiger partial charge in [-0.3, -0.25) is 9.19 Å². The fourth-order valence-electron chi connectivity index (χ4n) is 2.17. The maximum atomic E-state index is 12.8. The van der Waals surface area contributed by atoms with Gasteiger partial charge in [-0.15, -0.1) is 0 Å². The van der Waals surface area contributed by atoms with Crippen LogP contribution >= 0.6 is 0 Å². The van der Waals surface area contributed by atoms with E-state index in [1.165, 1.54) is 19.2 Å². The number of rotatable bonds is 8. The molecule has 6 nitrogen and oxygen atoms in total. The van der Waals surface area contributed by atoms with Gasteiger partial charge in [0.1, 0.15) is 5.75 Å². The molecule has 0 unspecified atom stereocenters. The summed E-state index contributed by atoms with van der Waals surface area (Å²) in [5.41, 5.74) is 1.84. The highest BCUT2D eigenvalue weighted by molar-refractivity contribution is 7.84. The number of hydrogen-bond donors (Lipinski definition) is 1. The van der Waals surface area contributed by atoms with Crippen LogP contribution in [0.5, 0.6) is 5.75 Å². The molecule has 0 aliphatic heterocycles. The summed E-state index contributed by atoms with van der Waals surface area (Å²) in [6.45, 7) is -5.43. The third kappa shape index (κ3) is 4.24. The zero-order valence-electron chi connectivity index (χ0n) is 22.2. The number of para-hydroxylation sites is 2. The first kappa shape index (κ1) is 9.45. The number of H-pyrrole nitrogens is 1. The lowest BCUT2D eigenvalue weighted by molar-refractivity contribution is 0.172. The molecule has 2 aromatic heterocycles. The van der Waals surface area contributed by atoms with Crippen LogP contribution in [0.3, 0.4) is 0 Å². The molecule has 0 saturated heterocycles. The summed E-state index contributed by atoms with van der Waals surface area (Å²) in [5.74, 6) is -0.299. The van der Waals surface area contributed by atoms with Gasteiger partial charge in [0, 0.05) is 34.5 Å². The maximum Gasteiger partial charge on any atom is 0.197 e. The summed E-state index contributed by atoms with van der Waals surface area (Å²) >= 11 is 0. The fourth-order valence-corrected chi connectivity index (χ4v) is 3.27. The Bertz CT molecular complexity index is 1180. The molecule has 3 rings (SSSR count). The summed E-state index contributed by atoms with van der Waals surface area (Å²) in [6.07, 6.45) is -2.30. The number of fused-ring (bicyclic) bond motifs is 1. The Morgan fingerprint density at radius 1 is 1.32 bits per heavy atom. The molecule has 0 spiro atoms. The first-order chi connectivity index (χ1) is 15.5. The molecule has 1 N–H and O–H groups in total. The highest BCUT2D eigenvalue weighted by atomic mass is 32.2. The molecule has 25 heavy (non-hydrogen) atoms. The van der Waals surface area contributed by atoms with Crippen molar-refractivity contribution in [3.05, 3.63) is 47.8 Å². The van der Waals surface area contributed by atoms with Crippen LogP contribution in [0, 0.1) is 6.92 Å². The Balaban J connectivity index is 1.84. The van der Waals surface area contributed by atoms with E-state index in [0.29, 0.717) is 11.0 Å². The van der Waals surface area contributed by atoms with Crippen LogP contribution in [-0.4, -0.2) is 39.3 Å². The number of pyridine rings is 1. The Labute approximate surface area is 161 Å². The molecular weight excluding hydrogens is 338 g/mol. The van der Waals surface area contributed by atoms with Crippen LogP contribution in [0.15, 0.2) is 41.7 Å². The largest absolute Gasteiger partial charge is 0.493 e. The van der Waals surface area contributed by atoms with Crippen molar-refractivity contribution in [1.82, 2.24) is 15.0 Å². The lowest BCUT2D eigenvalue weighted by Gasteiger charge is -2.11. The van der Waals surface area contributed by atoms with E-state index in [-0.39, 0.29) is 27.9 Å². The van der Waals surface area contributed by atoms with Crippen LogP contribution in [0.1, 0.15) is 30.0 Å². The van der Waals surface area contributed by atoms with Gasteiger partial charge in [-0.25, -0.2) is 4.98 Å². The highest BCUT2D eigenvalue weighted by Gasteiger charge is 2.14. The Kier molecular flexibility index (Phi) is 3.11.